The lowest BCUT2D eigenvalue weighted by Crippen LogP contribution is -2.45. The highest BCUT2D eigenvalue weighted by molar-refractivity contribution is 5.52. The van der Waals surface area contributed by atoms with E-state index >= 15 is 0 Å². The van der Waals surface area contributed by atoms with Gasteiger partial charge >= 0.3 is 0 Å². The molecule has 134 valence electrons. The van der Waals surface area contributed by atoms with E-state index in [1.165, 1.54) is 31.4 Å². The smallest absolute Gasteiger partial charge is 0.153 e. The third-order valence-corrected chi connectivity index (χ3v) is 4.93. The molecule has 0 radical (unpaired) electrons. The Balaban J connectivity index is 1.57. The first-order valence-electron chi connectivity index (χ1n) is 8.91. The van der Waals surface area contributed by atoms with Crippen molar-refractivity contribution >= 4 is 5.69 Å². The molecule has 0 amide bonds. The number of nitrogens with zero attached hydrogens (tertiary/aromatic N) is 3. The molecule has 6 heteroatoms. The van der Waals surface area contributed by atoms with Gasteiger partial charge in [0.25, 0.3) is 0 Å². The predicted molar refractivity (Wildman–Crippen MR) is 91.9 cm³/mol. The van der Waals surface area contributed by atoms with Gasteiger partial charge in [-0.25, -0.2) is 8.78 Å². The molecule has 1 aromatic rings. The van der Waals surface area contributed by atoms with E-state index in [1.54, 1.807) is 4.90 Å². The second kappa shape index (κ2) is 8.12. The summed E-state index contributed by atoms with van der Waals surface area (Å²) in [5.74, 6) is -0.792. The van der Waals surface area contributed by atoms with Crippen LogP contribution < -0.4 is 9.64 Å². The van der Waals surface area contributed by atoms with E-state index in [0.29, 0.717) is 19.7 Å². The normalized spacial score (nSPS) is 20.4. The van der Waals surface area contributed by atoms with Crippen LogP contribution in [0.15, 0.2) is 12.1 Å². The van der Waals surface area contributed by atoms with Gasteiger partial charge in [0.15, 0.2) is 11.6 Å². The van der Waals surface area contributed by atoms with Crippen LogP contribution in [-0.2, 0) is 0 Å². The highest BCUT2D eigenvalue weighted by Crippen LogP contribution is 2.29. The van der Waals surface area contributed by atoms with Crippen LogP contribution in [-0.4, -0.2) is 69.3 Å². The maximum absolute atomic E-state index is 14.4. The molecular formula is C18H27F2N3O. The molecule has 0 atom stereocenters. The second-order valence-electron chi connectivity index (χ2n) is 6.78. The number of piperazine rings is 1. The van der Waals surface area contributed by atoms with Crippen LogP contribution in [0.2, 0.25) is 0 Å². The Labute approximate surface area is 143 Å². The monoisotopic (exact) mass is 339 g/mol. The molecule has 2 aliphatic heterocycles. The standard InChI is InChI=1S/C18H27F2N3O/c1-21-7-9-23(10-8-21)18-16(19)13-15(14-17(18)20)24-12-11-22-5-3-2-4-6-22/h13-14H,2-12H2,1H3. The van der Waals surface area contributed by atoms with Gasteiger partial charge in [0, 0.05) is 44.9 Å². The zero-order valence-corrected chi connectivity index (χ0v) is 14.4. The highest BCUT2D eigenvalue weighted by Gasteiger charge is 2.22. The van der Waals surface area contributed by atoms with Gasteiger partial charge in [-0.3, -0.25) is 4.90 Å². The van der Waals surface area contributed by atoms with Gasteiger partial charge in [0.2, 0.25) is 0 Å². The van der Waals surface area contributed by atoms with Crippen LogP contribution in [0.25, 0.3) is 0 Å². The van der Waals surface area contributed by atoms with E-state index in [1.807, 2.05) is 7.05 Å². The average Bonchev–Trinajstić information content (AvgIpc) is 2.57. The number of hydrogen-bond donors (Lipinski definition) is 0. The SMILES string of the molecule is CN1CCN(c2c(F)cc(OCCN3CCCCC3)cc2F)CC1. The Bertz CT molecular complexity index is 518. The molecule has 2 heterocycles. The highest BCUT2D eigenvalue weighted by atomic mass is 19.1. The largest absolute Gasteiger partial charge is 0.492 e. The van der Waals surface area contributed by atoms with Crippen LogP contribution in [0.3, 0.4) is 0 Å². The van der Waals surface area contributed by atoms with E-state index in [2.05, 4.69) is 9.80 Å². The van der Waals surface area contributed by atoms with Gasteiger partial charge in [-0.1, -0.05) is 6.42 Å². The minimum atomic E-state index is -0.535. The number of anilines is 1. The van der Waals surface area contributed by atoms with Crippen molar-refractivity contribution in [1.82, 2.24) is 9.80 Å². The van der Waals surface area contributed by atoms with E-state index in [0.717, 1.165) is 32.7 Å². The number of likely N-dealkylation sites (N-methyl/N-ethyl adjacent to an activating group) is 1. The van der Waals surface area contributed by atoms with Crippen LogP contribution in [0.5, 0.6) is 5.75 Å². The van der Waals surface area contributed by atoms with Gasteiger partial charge in [0.05, 0.1) is 0 Å². The van der Waals surface area contributed by atoms with Gasteiger partial charge in [0.1, 0.15) is 18.0 Å². The van der Waals surface area contributed by atoms with Crippen LogP contribution in [0.1, 0.15) is 19.3 Å². The minimum absolute atomic E-state index is 0.0754. The molecule has 3 rings (SSSR count). The first kappa shape index (κ1) is 17.4. The van der Waals surface area contributed by atoms with Crippen LogP contribution >= 0.6 is 0 Å². The van der Waals surface area contributed by atoms with Gasteiger partial charge in [-0.2, -0.15) is 0 Å². The lowest BCUT2D eigenvalue weighted by Gasteiger charge is -2.34. The lowest BCUT2D eigenvalue weighted by atomic mass is 10.1. The van der Waals surface area contributed by atoms with Gasteiger partial charge in [-0.05, 0) is 33.0 Å². The summed E-state index contributed by atoms with van der Waals surface area (Å²) in [7, 11) is 2.02. The number of rotatable bonds is 5. The number of hydrogen-bond acceptors (Lipinski definition) is 4. The Kier molecular flexibility index (Phi) is 5.89. The maximum Gasteiger partial charge on any atom is 0.153 e. The molecule has 0 aliphatic carbocycles. The molecule has 2 aliphatic rings. The Hall–Kier alpha value is -1.40. The first-order valence-corrected chi connectivity index (χ1v) is 8.91. The zero-order chi connectivity index (χ0) is 16.9. The summed E-state index contributed by atoms with van der Waals surface area (Å²) >= 11 is 0. The average molecular weight is 339 g/mol. The lowest BCUT2D eigenvalue weighted by molar-refractivity contribution is 0.183. The fourth-order valence-corrected chi connectivity index (χ4v) is 3.43. The van der Waals surface area contributed by atoms with E-state index in [-0.39, 0.29) is 11.4 Å². The Morgan fingerprint density at radius 1 is 0.917 bits per heavy atom. The van der Waals surface area contributed by atoms with E-state index in [9.17, 15) is 8.78 Å². The summed E-state index contributed by atoms with van der Waals surface area (Å²) in [5.41, 5.74) is 0.0754. The molecule has 0 bridgehead atoms. The molecule has 0 unspecified atom stereocenters. The molecule has 0 aromatic heterocycles. The van der Waals surface area contributed by atoms with Crippen molar-refractivity contribution in [1.29, 1.82) is 0 Å². The van der Waals surface area contributed by atoms with Crippen molar-refractivity contribution in [2.24, 2.45) is 0 Å². The van der Waals surface area contributed by atoms with E-state index < -0.39 is 11.6 Å². The first-order chi connectivity index (χ1) is 11.6. The van der Waals surface area contributed by atoms with Crippen molar-refractivity contribution in [3.63, 3.8) is 0 Å². The minimum Gasteiger partial charge on any atom is -0.492 e. The fraction of sp³-hybridized carbons (Fsp3) is 0.667. The van der Waals surface area contributed by atoms with Crippen molar-refractivity contribution in [2.45, 2.75) is 19.3 Å². The Morgan fingerprint density at radius 2 is 1.54 bits per heavy atom. The maximum atomic E-state index is 14.4. The molecule has 0 spiro atoms. The molecule has 2 fully saturated rings. The summed E-state index contributed by atoms with van der Waals surface area (Å²) in [6.45, 7) is 6.36. The van der Waals surface area contributed by atoms with Crippen molar-refractivity contribution < 1.29 is 13.5 Å². The number of ether oxygens (including phenoxy) is 1. The summed E-state index contributed by atoms with van der Waals surface area (Å²) < 4.78 is 34.4. The third kappa shape index (κ3) is 4.36. The fourth-order valence-electron chi connectivity index (χ4n) is 3.43. The molecule has 2 saturated heterocycles. The summed E-state index contributed by atoms with van der Waals surface area (Å²) in [6.07, 6.45) is 3.74. The predicted octanol–water partition coefficient (Wildman–Crippen LogP) is 2.58. The molecule has 4 nitrogen and oxygen atoms in total. The molecule has 24 heavy (non-hydrogen) atoms. The number of benzene rings is 1. The Morgan fingerprint density at radius 3 is 2.17 bits per heavy atom. The molecule has 0 saturated carbocycles. The zero-order valence-electron chi connectivity index (χ0n) is 14.4. The van der Waals surface area contributed by atoms with Crippen LogP contribution in [0.4, 0.5) is 14.5 Å². The summed E-state index contributed by atoms with van der Waals surface area (Å²) in [6, 6.07) is 2.62. The van der Waals surface area contributed by atoms with Gasteiger partial charge < -0.3 is 14.5 Å². The quantitative estimate of drug-likeness (QED) is 0.821. The van der Waals surface area contributed by atoms with Crippen molar-refractivity contribution in [3.05, 3.63) is 23.8 Å². The number of piperidine rings is 1. The van der Waals surface area contributed by atoms with Gasteiger partial charge in [-0.15, -0.1) is 0 Å². The number of halogens is 2. The second-order valence-corrected chi connectivity index (χ2v) is 6.78. The molecule has 1 aromatic carbocycles. The summed E-state index contributed by atoms with van der Waals surface area (Å²) in [5, 5.41) is 0. The molecule has 0 N–H and O–H groups in total. The van der Waals surface area contributed by atoms with Crippen LogP contribution in [0, 0.1) is 11.6 Å². The van der Waals surface area contributed by atoms with Crippen molar-refractivity contribution in [2.75, 3.05) is 64.4 Å². The summed E-state index contributed by atoms with van der Waals surface area (Å²) in [4.78, 5) is 6.28. The van der Waals surface area contributed by atoms with Crippen molar-refractivity contribution in [3.8, 4) is 5.75 Å². The van der Waals surface area contributed by atoms with E-state index in [4.69, 9.17) is 4.74 Å². The number of likely N-dealkylation sites (tertiary alicyclic amines) is 1. The third-order valence-electron chi connectivity index (χ3n) is 4.93. The molecular weight excluding hydrogens is 312 g/mol. The topological polar surface area (TPSA) is 19.0 Å².